The number of fused-ring (bicyclic) bond motifs is 12. The molecule has 0 radical (unpaired) electrons. The second-order valence-corrected chi connectivity index (χ2v) is 18.4. The molecule has 0 aromatic carbocycles. The van der Waals surface area contributed by atoms with Crippen LogP contribution in [0.5, 0.6) is 0 Å². The van der Waals surface area contributed by atoms with Crippen molar-refractivity contribution in [3.05, 3.63) is 22.8 Å². The molecule has 6 saturated carbocycles. The number of hydrogen-bond donors (Lipinski definition) is 2. The molecule has 9 rings (SSSR count). The monoisotopic (exact) mass is 572 g/mol. The Hall–Kier alpha value is -1.00. The van der Waals surface area contributed by atoms with Gasteiger partial charge in [-0.2, -0.15) is 0 Å². The Balaban J connectivity index is 1.00. The van der Waals surface area contributed by atoms with Gasteiger partial charge in [0.2, 0.25) is 0 Å². The van der Waals surface area contributed by atoms with Crippen LogP contribution in [-0.4, -0.2) is 32.4 Å². The molecular weight excluding hydrogens is 516 g/mol. The quantitative estimate of drug-likeness (QED) is 0.348. The number of aromatic nitrogens is 2. The minimum absolute atomic E-state index is 0.0814. The minimum Gasteiger partial charge on any atom is -0.393 e. The van der Waals surface area contributed by atoms with Gasteiger partial charge in [0.1, 0.15) is 0 Å². The molecule has 0 saturated heterocycles. The molecule has 1 heterocycles. The molecule has 1 aromatic rings. The van der Waals surface area contributed by atoms with Crippen molar-refractivity contribution < 1.29 is 10.2 Å². The Bertz CT molecular complexity index is 1200. The summed E-state index contributed by atoms with van der Waals surface area (Å²) in [4.78, 5) is 11.2. The summed E-state index contributed by atoms with van der Waals surface area (Å²) >= 11 is 0. The predicted octanol–water partition coefficient (Wildman–Crippen LogP) is 7.11. The lowest BCUT2D eigenvalue weighted by Crippen LogP contribution is -2.55. The lowest BCUT2D eigenvalue weighted by Gasteiger charge is -2.60. The summed E-state index contributed by atoms with van der Waals surface area (Å²) in [5.41, 5.74) is 6.45. The molecule has 8 aliphatic carbocycles. The van der Waals surface area contributed by atoms with Crippen LogP contribution in [0.1, 0.15) is 128 Å². The summed E-state index contributed by atoms with van der Waals surface area (Å²) in [5, 5.41) is 21.8. The maximum absolute atomic E-state index is 10.9. The summed E-state index contributed by atoms with van der Waals surface area (Å²) < 4.78 is 0. The minimum atomic E-state index is -0.0814. The third-order valence-corrected chi connectivity index (χ3v) is 17.2. The molecule has 14 unspecified atom stereocenters. The maximum atomic E-state index is 10.9. The van der Waals surface area contributed by atoms with Crippen LogP contribution in [0.25, 0.3) is 0 Å². The van der Waals surface area contributed by atoms with E-state index in [1.54, 1.807) is 0 Å². The number of aliphatic hydroxyl groups is 2. The molecule has 230 valence electrons. The van der Waals surface area contributed by atoms with E-state index < -0.39 is 0 Å². The van der Waals surface area contributed by atoms with Crippen molar-refractivity contribution in [2.75, 3.05) is 0 Å². The average Bonchev–Trinajstić information content (AvgIpc) is 3.44. The van der Waals surface area contributed by atoms with Gasteiger partial charge in [-0.1, -0.05) is 27.7 Å². The van der Waals surface area contributed by atoms with E-state index in [0.29, 0.717) is 10.8 Å². The zero-order valence-corrected chi connectivity index (χ0v) is 26.9. The number of nitrogens with zero attached hydrogens (tertiary/aromatic N) is 2. The van der Waals surface area contributed by atoms with Gasteiger partial charge >= 0.3 is 0 Å². The van der Waals surface area contributed by atoms with Gasteiger partial charge < -0.3 is 10.2 Å². The zero-order valence-electron chi connectivity index (χ0n) is 26.9. The highest BCUT2D eigenvalue weighted by atomic mass is 16.3. The maximum Gasteiger partial charge on any atom is 0.0628 e. The first-order chi connectivity index (χ1) is 20.0. The fourth-order valence-electron chi connectivity index (χ4n) is 14.6. The predicted molar refractivity (Wildman–Crippen MR) is 165 cm³/mol. The van der Waals surface area contributed by atoms with Crippen molar-refractivity contribution in [2.45, 2.75) is 143 Å². The topological polar surface area (TPSA) is 66.2 Å². The molecule has 0 amide bonds. The average molecular weight is 573 g/mol. The van der Waals surface area contributed by atoms with E-state index in [4.69, 9.17) is 9.97 Å². The molecule has 0 bridgehead atoms. The van der Waals surface area contributed by atoms with E-state index in [1.807, 2.05) is 0 Å². The van der Waals surface area contributed by atoms with Gasteiger partial charge in [0.25, 0.3) is 0 Å². The van der Waals surface area contributed by atoms with E-state index in [2.05, 4.69) is 27.7 Å². The van der Waals surface area contributed by atoms with E-state index >= 15 is 0 Å². The first-order valence-corrected chi connectivity index (χ1v) is 18.3. The highest BCUT2D eigenvalue weighted by Gasteiger charge is 2.62. The zero-order chi connectivity index (χ0) is 28.8. The van der Waals surface area contributed by atoms with Crippen molar-refractivity contribution >= 4 is 0 Å². The van der Waals surface area contributed by atoms with Crippen LogP contribution in [0, 0.1) is 69.0 Å². The van der Waals surface area contributed by atoms with E-state index in [-0.39, 0.29) is 23.0 Å². The van der Waals surface area contributed by atoms with E-state index in [9.17, 15) is 10.2 Å². The van der Waals surface area contributed by atoms with Crippen LogP contribution in [-0.2, 0) is 25.7 Å². The lowest BCUT2D eigenvalue weighted by molar-refractivity contribution is -0.113. The van der Waals surface area contributed by atoms with Gasteiger partial charge in [-0.3, -0.25) is 9.97 Å². The molecule has 0 spiro atoms. The Kier molecular flexibility index (Phi) is 5.75. The van der Waals surface area contributed by atoms with Gasteiger partial charge in [0.05, 0.1) is 35.0 Å². The Morgan fingerprint density at radius 3 is 1.31 bits per heavy atom. The molecule has 14 atom stereocenters. The second-order valence-electron chi connectivity index (χ2n) is 18.4. The van der Waals surface area contributed by atoms with Gasteiger partial charge in [-0.25, -0.2) is 0 Å². The number of aliphatic hydroxyl groups excluding tert-OH is 2. The van der Waals surface area contributed by atoms with Crippen LogP contribution < -0.4 is 0 Å². The summed E-state index contributed by atoms with van der Waals surface area (Å²) in [5.74, 6) is 6.09. The Morgan fingerprint density at radius 2 is 0.881 bits per heavy atom. The van der Waals surface area contributed by atoms with E-state index in [0.717, 1.165) is 85.9 Å². The molecule has 4 nitrogen and oxygen atoms in total. The van der Waals surface area contributed by atoms with Crippen molar-refractivity contribution in [3.8, 4) is 0 Å². The van der Waals surface area contributed by atoms with Crippen LogP contribution >= 0.6 is 0 Å². The fraction of sp³-hybridized carbons (Fsp3) is 0.895. The third-order valence-electron chi connectivity index (χ3n) is 17.2. The van der Waals surface area contributed by atoms with Crippen LogP contribution in [0.3, 0.4) is 0 Å². The SMILES string of the molecule is CC12CCC3C(CCC4Cc5nc6c(nc5CC43C)CC3CCC4C5CCC(O)C5(C)CCC4C3(C)C6)C1CCC2O. The van der Waals surface area contributed by atoms with Gasteiger partial charge in [-0.05, 0) is 172 Å². The smallest absolute Gasteiger partial charge is 0.0628 e. The second kappa shape index (κ2) is 8.83. The van der Waals surface area contributed by atoms with Gasteiger partial charge in [-0.15, -0.1) is 0 Å². The largest absolute Gasteiger partial charge is 0.393 e. The molecule has 4 heteroatoms. The first kappa shape index (κ1) is 27.3. The molecular formula is C38H56N2O2. The molecule has 0 aliphatic heterocycles. The number of rotatable bonds is 0. The molecule has 6 fully saturated rings. The fourth-order valence-corrected chi connectivity index (χ4v) is 14.6. The highest BCUT2D eigenvalue weighted by molar-refractivity contribution is 5.31. The summed E-state index contributed by atoms with van der Waals surface area (Å²) in [6, 6.07) is 0. The Morgan fingerprint density at radius 1 is 0.476 bits per heavy atom. The van der Waals surface area contributed by atoms with Crippen LogP contribution in [0.15, 0.2) is 0 Å². The van der Waals surface area contributed by atoms with Crippen molar-refractivity contribution in [1.29, 1.82) is 0 Å². The normalized spacial score (nSPS) is 55.7. The third kappa shape index (κ3) is 3.38. The van der Waals surface area contributed by atoms with Crippen molar-refractivity contribution in [2.24, 2.45) is 69.0 Å². The Labute approximate surface area is 254 Å². The lowest BCUT2D eigenvalue weighted by atomic mass is 9.45. The van der Waals surface area contributed by atoms with Crippen LogP contribution in [0.2, 0.25) is 0 Å². The van der Waals surface area contributed by atoms with Gasteiger partial charge in [0, 0.05) is 0 Å². The number of hydrogen-bond acceptors (Lipinski definition) is 4. The molecule has 42 heavy (non-hydrogen) atoms. The summed E-state index contributed by atoms with van der Waals surface area (Å²) in [6.45, 7) is 10.1. The standard InChI is InChI=1S/C38H56N2O2/c1-35-15-13-27-23(25(35)9-11-33(35)41)7-5-21-17-29-31(19-37(21,27)3)39-30-18-22-6-8-24-26-10-12-34(42)36(26,2)16-14-28(24)38(22,4)20-32(30)40-29/h21-28,33-34,41-42H,5-20H2,1-4H3. The van der Waals surface area contributed by atoms with Crippen LogP contribution in [0.4, 0.5) is 0 Å². The summed E-state index contributed by atoms with van der Waals surface area (Å²) in [7, 11) is 0. The first-order valence-electron chi connectivity index (χ1n) is 18.3. The van der Waals surface area contributed by atoms with E-state index in [1.165, 1.54) is 87.0 Å². The molecule has 8 aliphatic rings. The highest BCUT2D eigenvalue weighted by Crippen LogP contribution is 2.67. The van der Waals surface area contributed by atoms with Crippen molar-refractivity contribution in [3.63, 3.8) is 0 Å². The summed E-state index contributed by atoms with van der Waals surface area (Å²) in [6.07, 6.45) is 19.4. The molecule has 1 aromatic heterocycles. The molecule has 2 N–H and O–H groups in total. The van der Waals surface area contributed by atoms with Gasteiger partial charge in [0.15, 0.2) is 0 Å². The van der Waals surface area contributed by atoms with Crippen molar-refractivity contribution in [1.82, 2.24) is 9.97 Å².